The number of rotatable bonds is 5. The molecule has 2 heterocycles. The molecule has 7 heteroatoms. The molecule has 0 saturated carbocycles. The number of hydrogen-bond donors (Lipinski definition) is 2. The molecule has 1 fully saturated rings. The van der Waals surface area contributed by atoms with Crippen molar-refractivity contribution < 1.29 is 14.4 Å². The molecule has 0 aliphatic carbocycles. The highest BCUT2D eigenvalue weighted by Gasteiger charge is 2.36. The number of thioether (sulfide) groups is 1. The number of nitrogens with one attached hydrogen (secondary N) is 2. The maximum atomic E-state index is 12.9. The predicted molar refractivity (Wildman–Crippen MR) is 95.4 cm³/mol. The molecule has 1 aromatic rings. The van der Waals surface area contributed by atoms with Crippen LogP contribution in [0.3, 0.4) is 0 Å². The zero-order valence-corrected chi connectivity index (χ0v) is 15.7. The van der Waals surface area contributed by atoms with Crippen molar-refractivity contribution in [3.8, 4) is 0 Å². The second-order valence-corrected chi connectivity index (χ2v) is 7.61. The fraction of sp³-hybridized carbons (Fsp3) is 0.588. The van der Waals surface area contributed by atoms with E-state index in [2.05, 4.69) is 10.3 Å². The van der Waals surface area contributed by atoms with Gasteiger partial charge < -0.3 is 15.2 Å². The largest absolute Gasteiger partial charge is 0.354 e. The number of aromatic amines is 1. The van der Waals surface area contributed by atoms with E-state index in [-0.39, 0.29) is 17.6 Å². The lowest BCUT2D eigenvalue weighted by atomic mass is 10.1. The Labute approximate surface area is 146 Å². The first-order valence-corrected chi connectivity index (χ1v) is 9.26. The Morgan fingerprint density at radius 2 is 2.00 bits per heavy atom. The fourth-order valence-electron chi connectivity index (χ4n) is 2.92. The van der Waals surface area contributed by atoms with Gasteiger partial charge in [0.2, 0.25) is 5.91 Å². The second kappa shape index (κ2) is 7.42. The van der Waals surface area contributed by atoms with Gasteiger partial charge in [-0.05, 0) is 32.3 Å². The van der Waals surface area contributed by atoms with Gasteiger partial charge in [0, 0.05) is 23.6 Å². The van der Waals surface area contributed by atoms with E-state index in [4.69, 9.17) is 0 Å². The molecule has 0 bridgehead atoms. The number of nitrogens with zero attached hydrogens (tertiary/aromatic N) is 1. The number of Topliss-reactive ketones (excluding diaryl/α,β-unsaturated/α-hetero) is 1. The van der Waals surface area contributed by atoms with Crippen molar-refractivity contribution in [2.24, 2.45) is 5.92 Å². The molecule has 2 amide bonds. The first-order valence-electron chi connectivity index (χ1n) is 8.10. The lowest BCUT2D eigenvalue weighted by molar-refractivity contribution is -0.124. The summed E-state index contributed by atoms with van der Waals surface area (Å²) < 4.78 is 0. The van der Waals surface area contributed by atoms with Gasteiger partial charge in [0.15, 0.2) is 5.78 Å². The molecule has 1 aromatic heterocycles. The molecule has 1 saturated heterocycles. The van der Waals surface area contributed by atoms with Crippen LogP contribution in [0.1, 0.15) is 52.9 Å². The highest BCUT2D eigenvalue weighted by atomic mass is 32.2. The van der Waals surface area contributed by atoms with Crippen molar-refractivity contribution in [2.75, 3.05) is 18.2 Å². The number of hydrogen-bond acceptors (Lipinski definition) is 4. The zero-order valence-electron chi connectivity index (χ0n) is 14.9. The van der Waals surface area contributed by atoms with E-state index in [0.717, 1.165) is 0 Å². The van der Waals surface area contributed by atoms with E-state index in [1.807, 2.05) is 13.8 Å². The molecule has 6 nitrogen and oxygen atoms in total. The third-order valence-electron chi connectivity index (χ3n) is 4.13. The van der Waals surface area contributed by atoms with Crippen LogP contribution in [0.25, 0.3) is 0 Å². The minimum atomic E-state index is -0.468. The number of ketones is 1. The summed E-state index contributed by atoms with van der Waals surface area (Å²) in [4.78, 5) is 41.6. The second-order valence-electron chi connectivity index (χ2n) is 6.61. The number of amides is 2. The molecule has 2 rings (SSSR count). The molecule has 24 heavy (non-hydrogen) atoms. The molecule has 0 radical (unpaired) electrons. The predicted octanol–water partition coefficient (Wildman–Crippen LogP) is 2.12. The van der Waals surface area contributed by atoms with Gasteiger partial charge in [0.25, 0.3) is 5.91 Å². The van der Waals surface area contributed by atoms with Crippen LogP contribution in [0.4, 0.5) is 0 Å². The average molecular weight is 351 g/mol. The summed E-state index contributed by atoms with van der Waals surface area (Å²) in [6.45, 7) is 9.70. The van der Waals surface area contributed by atoms with Crippen molar-refractivity contribution in [1.82, 2.24) is 15.2 Å². The van der Waals surface area contributed by atoms with E-state index >= 15 is 0 Å². The van der Waals surface area contributed by atoms with Gasteiger partial charge in [-0.25, -0.2) is 0 Å². The summed E-state index contributed by atoms with van der Waals surface area (Å²) in [5, 5.41) is 2.90. The number of aryl methyl sites for hydroxylation is 1. The minimum Gasteiger partial charge on any atom is -0.354 e. The Hall–Kier alpha value is -1.76. The number of carbonyl (C=O) groups excluding carboxylic acids is 3. The minimum absolute atomic E-state index is 0.0673. The van der Waals surface area contributed by atoms with Crippen molar-refractivity contribution in [3.63, 3.8) is 0 Å². The number of H-pyrrole nitrogens is 1. The zero-order chi connectivity index (χ0) is 18.0. The van der Waals surface area contributed by atoms with E-state index in [1.54, 1.807) is 30.5 Å². The van der Waals surface area contributed by atoms with Crippen LogP contribution in [-0.2, 0) is 4.79 Å². The van der Waals surface area contributed by atoms with Crippen LogP contribution in [0, 0.1) is 19.8 Å². The van der Waals surface area contributed by atoms with Gasteiger partial charge in [-0.1, -0.05) is 13.8 Å². The van der Waals surface area contributed by atoms with Gasteiger partial charge in [-0.3, -0.25) is 14.4 Å². The van der Waals surface area contributed by atoms with E-state index in [9.17, 15) is 14.4 Å². The Balaban J connectivity index is 2.21. The standard InChI is InChI=1S/C17H25N3O3S/c1-9(2)6-18-16(22)13-7-24-8-20(13)17(23)15-10(3)14(12(5)21)11(4)19-15/h9,13,19H,6-8H2,1-5H3,(H,18,22). The average Bonchev–Trinajstić information content (AvgIpc) is 3.08. The molecule has 1 atom stereocenters. The van der Waals surface area contributed by atoms with Crippen LogP contribution in [0.15, 0.2) is 0 Å². The first-order chi connectivity index (χ1) is 11.2. The van der Waals surface area contributed by atoms with Crippen LogP contribution >= 0.6 is 11.8 Å². The summed E-state index contributed by atoms with van der Waals surface area (Å²) in [5.74, 6) is 1.02. The van der Waals surface area contributed by atoms with Crippen LogP contribution in [0.2, 0.25) is 0 Å². The van der Waals surface area contributed by atoms with Crippen LogP contribution < -0.4 is 5.32 Å². The summed E-state index contributed by atoms with van der Waals surface area (Å²) >= 11 is 1.56. The Morgan fingerprint density at radius 1 is 1.33 bits per heavy atom. The maximum absolute atomic E-state index is 12.9. The molecule has 0 aromatic carbocycles. The third kappa shape index (κ3) is 3.66. The van der Waals surface area contributed by atoms with Gasteiger partial charge in [0.05, 0.1) is 5.88 Å². The van der Waals surface area contributed by atoms with Crippen molar-refractivity contribution >= 4 is 29.4 Å². The molecule has 2 N–H and O–H groups in total. The molecular weight excluding hydrogens is 326 g/mol. The van der Waals surface area contributed by atoms with Gasteiger partial charge in [0.1, 0.15) is 11.7 Å². The maximum Gasteiger partial charge on any atom is 0.271 e. The highest BCUT2D eigenvalue weighted by molar-refractivity contribution is 7.99. The van der Waals surface area contributed by atoms with E-state index in [1.165, 1.54) is 6.92 Å². The van der Waals surface area contributed by atoms with Crippen molar-refractivity contribution in [1.29, 1.82) is 0 Å². The first kappa shape index (κ1) is 18.6. The molecule has 1 aliphatic heterocycles. The Kier molecular flexibility index (Phi) is 5.74. The molecule has 132 valence electrons. The van der Waals surface area contributed by atoms with E-state index < -0.39 is 6.04 Å². The highest BCUT2D eigenvalue weighted by Crippen LogP contribution is 2.26. The summed E-state index contributed by atoms with van der Waals surface area (Å²) in [7, 11) is 0. The number of aromatic nitrogens is 1. The van der Waals surface area contributed by atoms with Gasteiger partial charge in [-0.15, -0.1) is 11.8 Å². The van der Waals surface area contributed by atoms with Crippen molar-refractivity contribution in [2.45, 2.75) is 40.7 Å². The van der Waals surface area contributed by atoms with Crippen molar-refractivity contribution in [3.05, 3.63) is 22.5 Å². The van der Waals surface area contributed by atoms with Crippen LogP contribution in [-0.4, -0.2) is 51.7 Å². The lowest BCUT2D eigenvalue weighted by Gasteiger charge is -2.23. The smallest absolute Gasteiger partial charge is 0.271 e. The summed E-state index contributed by atoms with van der Waals surface area (Å²) in [5.41, 5.74) is 2.31. The Morgan fingerprint density at radius 3 is 2.54 bits per heavy atom. The lowest BCUT2D eigenvalue weighted by Crippen LogP contribution is -2.48. The molecule has 0 spiro atoms. The molecule has 1 aliphatic rings. The van der Waals surface area contributed by atoms with Crippen LogP contribution in [0.5, 0.6) is 0 Å². The van der Waals surface area contributed by atoms with Gasteiger partial charge >= 0.3 is 0 Å². The quantitative estimate of drug-likeness (QED) is 0.796. The summed E-state index contributed by atoms with van der Waals surface area (Å²) in [6.07, 6.45) is 0. The van der Waals surface area contributed by atoms with Gasteiger partial charge in [-0.2, -0.15) is 0 Å². The topological polar surface area (TPSA) is 82.3 Å². The third-order valence-corrected chi connectivity index (χ3v) is 5.15. The monoisotopic (exact) mass is 351 g/mol. The normalized spacial score (nSPS) is 17.4. The number of carbonyl (C=O) groups is 3. The fourth-order valence-corrected chi connectivity index (χ4v) is 4.07. The molecule has 1 unspecified atom stereocenters. The summed E-state index contributed by atoms with van der Waals surface area (Å²) in [6, 6.07) is -0.468. The van der Waals surface area contributed by atoms with E-state index in [0.29, 0.717) is 46.6 Å². The SMILES string of the molecule is CC(=O)c1c(C)[nH]c(C(=O)N2CSCC2C(=O)NCC(C)C)c1C. The Bertz CT molecular complexity index is 666. The molecular formula is C17H25N3O3S.